The largest absolute Gasteiger partial charge is 0.497 e. The molecular weight excluding hydrogens is 318 g/mol. The molecule has 0 atom stereocenters. The van der Waals surface area contributed by atoms with Crippen molar-refractivity contribution in [2.75, 3.05) is 20.8 Å². The van der Waals surface area contributed by atoms with E-state index in [9.17, 15) is 9.59 Å². The minimum absolute atomic E-state index is 0.0656. The normalized spacial score (nSPS) is 10.2. The maximum Gasteiger partial charge on any atom is 0.220 e. The van der Waals surface area contributed by atoms with E-state index in [0.717, 1.165) is 17.7 Å². The van der Waals surface area contributed by atoms with Gasteiger partial charge in [-0.25, -0.2) is 0 Å². The summed E-state index contributed by atoms with van der Waals surface area (Å²) in [7, 11) is 3.18. The summed E-state index contributed by atoms with van der Waals surface area (Å²) in [6, 6.07) is 14.7. The molecule has 0 spiro atoms. The number of methoxy groups -OCH3 is 2. The van der Waals surface area contributed by atoms with Gasteiger partial charge in [0.15, 0.2) is 5.78 Å². The van der Waals surface area contributed by atoms with Crippen LogP contribution in [0.3, 0.4) is 0 Å². The summed E-state index contributed by atoms with van der Waals surface area (Å²) in [5.74, 6) is 1.26. The predicted octanol–water partition coefficient (Wildman–Crippen LogP) is 3.03. The second kappa shape index (κ2) is 9.47. The molecule has 2 aromatic carbocycles. The maximum absolute atomic E-state index is 12.1. The van der Waals surface area contributed by atoms with E-state index in [1.54, 1.807) is 38.5 Å². The van der Waals surface area contributed by atoms with Crippen LogP contribution in [0.4, 0.5) is 0 Å². The minimum Gasteiger partial charge on any atom is -0.497 e. The van der Waals surface area contributed by atoms with Gasteiger partial charge >= 0.3 is 0 Å². The van der Waals surface area contributed by atoms with Gasteiger partial charge < -0.3 is 14.8 Å². The topological polar surface area (TPSA) is 64.6 Å². The van der Waals surface area contributed by atoms with Crippen molar-refractivity contribution >= 4 is 11.7 Å². The van der Waals surface area contributed by atoms with Gasteiger partial charge in [-0.2, -0.15) is 0 Å². The Bertz CT molecular complexity index is 710. The fourth-order valence-corrected chi connectivity index (χ4v) is 2.39. The second-order valence-corrected chi connectivity index (χ2v) is 5.60. The summed E-state index contributed by atoms with van der Waals surface area (Å²) >= 11 is 0. The summed E-state index contributed by atoms with van der Waals surface area (Å²) in [6.45, 7) is 0.540. The summed E-state index contributed by atoms with van der Waals surface area (Å²) in [4.78, 5) is 24.0. The van der Waals surface area contributed by atoms with Gasteiger partial charge in [-0.05, 0) is 36.2 Å². The van der Waals surface area contributed by atoms with Gasteiger partial charge in [0.25, 0.3) is 0 Å². The lowest BCUT2D eigenvalue weighted by atomic mass is 10.1. The lowest BCUT2D eigenvalue weighted by Crippen LogP contribution is -2.26. The zero-order valence-corrected chi connectivity index (χ0v) is 14.6. The summed E-state index contributed by atoms with van der Waals surface area (Å²) in [5.41, 5.74) is 1.68. The second-order valence-electron chi connectivity index (χ2n) is 5.60. The zero-order valence-electron chi connectivity index (χ0n) is 14.6. The highest BCUT2D eigenvalue weighted by atomic mass is 16.5. The van der Waals surface area contributed by atoms with Gasteiger partial charge in [0, 0.05) is 24.9 Å². The molecule has 0 radical (unpaired) electrons. The van der Waals surface area contributed by atoms with E-state index in [2.05, 4.69) is 5.32 Å². The minimum atomic E-state index is -0.121. The zero-order chi connectivity index (χ0) is 18.1. The van der Waals surface area contributed by atoms with Crippen LogP contribution in [0.1, 0.15) is 28.8 Å². The van der Waals surface area contributed by atoms with E-state index in [1.807, 2.05) is 24.3 Å². The molecule has 0 aliphatic carbocycles. The van der Waals surface area contributed by atoms with Gasteiger partial charge in [-0.3, -0.25) is 9.59 Å². The van der Waals surface area contributed by atoms with E-state index in [4.69, 9.17) is 9.47 Å². The number of hydrogen-bond acceptors (Lipinski definition) is 4. The Labute approximate surface area is 148 Å². The van der Waals surface area contributed by atoms with Crippen LogP contribution in [-0.4, -0.2) is 32.5 Å². The Morgan fingerprint density at radius 2 is 1.64 bits per heavy atom. The third-order valence-electron chi connectivity index (χ3n) is 3.87. The van der Waals surface area contributed by atoms with Crippen LogP contribution >= 0.6 is 0 Å². The molecule has 0 bridgehead atoms. The number of ether oxygens (including phenoxy) is 2. The van der Waals surface area contributed by atoms with Crippen LogP contribution < -0.4 is 14.8 Å². The number of rotatable bonds is 9. The van der Waals surface area contributed by atoms with Crippen molar-refractivity contribution in [3.8, 4) is 11.5 Å². The van der Waals surface area contributed by atoms with E-state index < -0.39 is 0 Å². The number of carbonyl (C=O) groups is 2. The monoisotopic (exact) mass is 341 g/mol. The smallest absolute Gasteiger partial charge is 0.220 e. The highest BCUT2D eigenvalue weighted by Gasteiger charge is 2.10. The lowest BCUT2D eigenvalue weighted by Gasteiger charge is -2.07. The molecule has 1 N–H and O–H groups in total. The number of benzene rings is 2. The fourth-order valence-electron chi connectivity index (χ4n) is 2.39. The molecular formula is C20H23NO4. The van der Waals surface area contributed by atoms with Gasteiger partial charge in [0.1, 0.15) is 11.5 Å². The van der Waals surface area contributed by atoms with E-state index in [-0.39, 0.29) is 24.5 Å². The molecule has 25 heavy (non-hydrogen) atoms. The maximum atomic E-state index is 12.1. The van der Waals surface area contributed by atoms with Gasteiger partial charge in [0.05, 0.1) is 14.2 Å². The van der Waals surface area contributed by atoms with Crippen LogP contribution in [0.5, 0.6) is 11.5 Å². The van der Waals surface area contributed by atoms with Crippen LogP contribution in [0, 0.1) is 0 Å². The molecule has 0 heterocycles. The van der Waals surface area contributed by atoms with Crippen molar-refractivity contribution in [1.29, 1.82) is 0 Å². The standard InChI is InChI=1S/C20H23NO4/c1-24-17-8-6-15(7-9-17)12-13-21-20(23)11-10-19(22)16-4-3-5-18(14-16)25-2/h3-9,14H,10-13H2,1-2H3,(H,21,23). The molecule has 0 saturated carbocycles. The van der Waals surface area contributed by atoms with E-state index in [1.165, 1.54) is 0 Å². The van der Waals surface area contributed by atoms with Crippen molar-refractivity contribution in [3.05, 3.63) is 59.7 Å². The average molecular weight is 341 g/mol. The van der Waals surface area contributed by atoms with Crippen LogP contribution in [-0.2, 0) is 11.2 Å². The first-order chi connectivity index (χ1) is 12.1. The quantitative estimate of drug-likeness (QED) is 0.712. The highest BCUT2D eigenvalue weighted by Crippen LogP contribution is 2.15. The molecule has 0 aromatic heterocycles. The van der Waals surface area contributed by atoms with Crippen molar-refractivity contribution in [1.82, 2.24) is 5.32 Å². The molecule has 2 rings (SSSR count). The number of Topliss-reactive ketones (excluding diaryl/α,β-unsaturated/α-hetero) is 1. The Morgan fingerprint density at radius 1 is 0.920 bits per heavy atom. The van der Waals surface area contributed by atoms with Crippen LogP contribution in [0.25, 0.3) is 0 Å². The molecule has 0 saturated heterocycles. The Morgan fingerprint density at radius 3 is 2.32 bits per heavy atom. The Kier molecular flexibility index (Phi) is 7.01. The van der Waals surface area contributed by atoms with Gasteiger partial charge in [-0.1, -0.05) is 24.3 Å². The van der Waals surface area contributed by atoms with Crippen molar-refractivity contribution in [2.45, 2.75) is 19.3 Å². The Balaban J connectivity index is 1.71. The molecule has 132 valence electrons. The molecule has 0 fully saturated rings. The van der Waals surface area contributed by atoms with E-state index in [0.29, 0.717) is 17.9 Å². The molecule has 5 nitrogen and oxygen atoms in total. The SMILES string of the molecule is COc1ccc(CCNC(=O)CCC(=O)c2cccc(OC)c2)cc1. The molecule has 0 aliphatic rings. The third-order valence-corrected chi connectivity index (χ3v) is 3.87. The Hall–Kier alpha value is -2.82. The van der Waals surface area contributed by atoms with Gasteiger partial charge in [-0.15, -0.1) is 0 Å². The number of amides is 1. The number of ketones is 1. The first kappa shape index (κ1) is 18.5. The molecule has 0 aliphatic heterocycles. The molecule has 2 aromatic rings. The van der Waals surface area contributed by atoms with Crippen molar-refractivity contribution in [2.24, 2.45) is 0 Å². The van der Waals surface area contributed by atoms with Crippen LogP contribution in [0.15, 0.2) is 48.5 Å². The summed E-state index contributed by atoms with van der Waals surface area (Å²) in [6.07, 6.45) is 1.10. The third kappa shape index (κ3) is 5.95. The average Bonchev–Trinajstić information content (AvgIpc) is 2.66. The first-order valence-corrected chi connectivity index (χ1v) is 8.19. The highest BCUT2D eigenvalue weighted by molar-refractivity contribution is 5.98. The number of hydrogen-bond donors (Lipinski definition) is 1. The lowest BCUT2D eigenvalue weighted by molar-refractivity contribution is -0.121. The predicted molar refractivity (Wildman–Crippen MR) is 96.3 cm³/mol. The molecule has 5 heteroatoms. The van der Waals surface area contributed by atoms with Gasteiger partial charge in [0.2, 0.25) is 5.91 Å². The molecule has 0 unspecified atom stereocenters. The first-order valence-electron chi connectivity index (χ1n) is 8.19. The number of carbonyl (C=O) groups excluding carboxylic acids is 2. The number of nitrogens with one attached hydrogen (secondary N) is 1. The molecule has 1 amide bonds. The van der Waals surface area contributed by atoms with Crippen molar-refractivity contribution in [3.63, 3.8) is 0 Å². The summed E-state index contributed by atoms with van der Waals surface area (Å²) < 4.78 is 10.2. The van der Waals surface area contributed by atoms with E-state index >= 15 is 0 Å². The van der Waals surface area contributed by atoms with Crippen LogP contribution in [0.2, 0.25) is 0 Å². The summed E-state index contributed by atoms with van der Waals surface area (Å²) in [5, 5.41) is 2.84. The fraction of sp³-hybridized carbons (Fsp3) is 0.300. The van der Waals surface area contributed by atoms with Crippen molar-refractivity contribution < 1.29 is 19.1 Å².